The molecule has 0 aliphatic carbocycles. The summed E-state index contributed by atoms with van der Waals surface area (Å²) in [6, 6.07) is 0. The lowest BCUT2D eigenvalue weighted by Crippen LogP contribution is -2.37. The largest absolute Gasteiger partial charge is 0.357 e. The van der Waals surface area contributed by atoms with Gasteiger partial charge in [0.05, 0.1) is 6.54 Å². The molecule has 0 fully saturated rings. The maximum Gasteiger partial charge on any atom is 0.192 e. The second-order valence-electron chi connectivity index (χ2n) is 4.75. The molecule has 2 heterocycles. The zero-order valence-corrected chi connectivity index (χ0v) is 14.8. The molecule has 0 radical (unpaired) electrons. The van der Waals surface area contributed by atoms with Crippen LogP contribution in [0.4, 0.5) is 0 Å². The molecule has 1 aliphatic heterocycles. The topological polar surface area (TPSA) is 67.1 Å². The highest BCUT2D eigenvalue weighted by molar-refractivity contribution is 14.0. The molecule has 116 valence electrons. The van der Waals surface area contributed by atoms with Gasteiger partial charge in [0, 0.05) is 19.5 Å². The van der Waals surface area contributed by atoms with Crippen LogP contribution in [0.1, 0.15) is 37.8 Å². The summed E-state index contributed by atoms with van der Waals surface area (Å²) in [5.41, 5.74) is 0. The van der Waals surface area contributed by atoms with Crippen molar-refractivity contribution in [1.82, 2.24) is 25.4 Å². The Morgan fingerprint density at radius 3 is 2.95 bits per heavy atom. The fourth-order valence-electron chi connectivity index (χ4n) is 2.29. The molecule has 0 bridgehead atoms. The Labute approximate surface area is 143 Å². The molecule has 0 unspecified atom stereocenters. The van der Waals surface area contributed by atoms with E-state index in [9.17, 15) is 0 Å². The van der Waals surface area contributed by atoms with E-state index in [1.54, 1.807) is 0 Å². The summed E-state index contributed by atoms with van der Waals surface area (Å²) in [7, 11) is 0. The number of aryl methyl sites for hydroxylation is 1. The summed E-state index contributed by atoms with van der Waals surface area (Å²) >= 11 is 0. The van der Waals surface area contributed by atoms with Gasteiger partial charge in [0.25, 0.3) is 0 Å². The van der Waals surface area contributed by atoms with Crippen LogP contribution in [0.2, 0.25) is 0 Å². The van der Waals surface area contributed by atoms with E-state index in [4.69, 9.17) is 6.42 Å². The average molecular weight is 402 g/mol. The van der Waals surface area contributed by atoms with Crippen LogP contribution >= 0.6 is 24.0 Å². The maximum atomic E-state index is 5.25. The summed E-state index contributed by atoms with van der Waals surface area (Å²) in [5.74, 6) is 5.28. The Kier molecular flexibility index (Phi) is 8.12. The van der Waals surface area contributed by atoms with Gasteiger partial charge >= 0.3 is 0 Å². The minimum absolute atomic E-state index is 0. The van der Waals surface area contributed by atoms with Gasteiger partial charge in [-0.15, -0.1) is 40.6 Å². The van der Waals surface area contributed by atoms with Gasteiger partial charge in [-0.25, -0.2) is 4.99 Å². The fraction of sp³-hybridized carbons (Fsp3) is 0.643. The molecule has 0 spiro atoms. The molecule has 2 rings (SSSR count). The SMILES string of the molecule is C#CCNC(=NCc1nnc2n1CCCCC2)NCC.I. The van der Waals surface area contributed by atoms with E-state index in [1.165, 1.54) is 19.3 Å². The highest BCUT2D eigenvalue weighted by Gasteiger charge is 2.14. The second kappa shape index (κ2) is 9.60. The third-order valence-electron chi connectivity index (χ3n) is 3.27. The number of aromatic nitrogens is 3. The van der Waals surface area contributed by atoms with Crippen molar-refractivity contribution < 1.29 is 0 Å². The number of halogens is 1. The number of terminal acetylenes is 1. The first-order chi connectivity index (χ1) is 9.85. The van der Waals surface area contributed by atoms with E-state index >= 15 is 0 Å². The van der Waals surface area contributed by atoms with Gasteiger partial charge in [-0.3, -0.25) is 0 Å². The van der Waals surface area contributed by atoms with Crippen molar-refractivity contribution >= 4 is 29.9 Å². The summed E-state index contributed by atoms with van der Waals surface area (Å²) in [5, 5.41) is 14.8. The molecule has 0 saturated carbocycles. The number of hydrogen-bond acceptors (Lipinski definition) is 3. The van der Waals surface area contributed by atoms with E-state index < -0.39 is 0 Å². The number of guanidine groups is 1. The molecule has 21 heavy (non-hydrogen) atoms. The maximum absolute atomic E-state index is 5.25. The lowest BCUT2D eigenvalue weighted by atomic mass is 10.2. The second-order valence-corrected chi connectivity index (χ2v) is 4.75. The number of hydrogen-bond donors (Lipinski definition) is 2. The van der Waals surface area contributed by atoms with Crippen molar-refractivity contribution in [3.8, 4) is 12.3 Å². The molecule has 1 aromatic heterocycles. The van der Waals surface area contributed by atoms with Gasteiger partial charge in [0.15, 0.2) is 11.8 Å². The van der Waals surface area contributed by atoms with E-state index in [0.717, 1.165) is 37.1 Å². The first-order valence-corrected chi connectivity index (χ1v) is 7.21. The third-order valence-corrected chi connectivity index (χ3v) is 3.27. The summed E-state index contributed by atoms with van der Waals surface area (Å²) in [6.45, 7) is 4.81. The number of rotatable bonds is 4. The molecule has 2 N–H and O–H groups in total. The van der Waals surface area contributed by atoms with Gasteiger partial charge in [0.1, 0.15) is 12.4 Å². The Morgan fingerprint density at radius 1 is 1.33 bits per heavy atom. The third kappa shape index (κ3) is 5.19. The number of fused-ring (bicyclic) bond motifs is 1. The Morgan fingerprint density at radius 2 is 2.19 bits per heavy atom. The van der Waals surface area contributed by atoms with E-state index in [2.05, 4.69) is 36.3 Å². The molecule has 0 atom stereocenters. The van der Waals surface area contributed by atoms with Gasteiger partial charge in [-0.2, -0.15) is 0 Å². The molecule has 1 aromatic rings. The van der Waals surface area contributed by atoms with Gasteiger partial charge in [-0.1, -0.05) is 12.3 Å². The monoisotopic (exact) mass is 402 g/mol. The number of aliphatic imine (C=N–C) groups is 1. The fourth-order valence-corrected chi connectivity index (χ4v) is 2.29. The van der Waals surface area contributed by atoms with Crippen LogP contribution in [0.15, 0.2) is 4.99 Å². The molecule has 1 aliphatic rings. The number of nitrogens with zero attached hydrogens (tertiary/aromatic N) is 4. The van der Waals surface area contributed by atoms with Crippen LogP contribution in [-0.4, -0.2) is 33.8 Å². The molecule has 6 nitrogen and oxygen atoms in total. The molecular formula is C14H23IN6. The molecule has 0 saturated heterocycles. The lowest BCUT2D eigenvalue weighted by Gasteiger charge is -2.09. The summed E-state index contributed by atoms with van der Waals surface area (Å²) in [6.07, 6.45) is 9.93. The van der Waals surface area contributed by atoms with Crippen LogP contribution in [-0.2, 0) is 19.5 Å². The standard InChI is InChI=1S/C14H22N6.HI/c1-3-9-16-14(15-4-2)17-11-13-19-18-12-8-6-5-7-10-20(12)13;/h1H,4-11H2,2H3,(H2,15,16,17);1H. The van der Waals surface area contributed by atoms with Crippen molar-refractivity contribution in [2.24, 2.45) is 4.99 Å². The molecule has 0 aromatic carbocycles. The van der Waals surface area contributed by atoms with Crippen LogP contribution in [0.3, 0.4) is 0 Å². The Hall–Kier alpha value is -1.30. The molecular weight excluding hydrogens is 379 g/mol. The lowest BCUT2D eigenvalue weighted by molar-refractivity contribution is 0.605. The van der Waals surface area contributed by atoms with Crippen LogP contribution in [0.25, 0.3) is 0 Å². The quantitative estimate of drug-likeness (QED) is 0.345. The van der Waals surface area contributed by atoms with Crippen molar-refractivity contribution in [3.05, 3.63) is 11.6 Å². The Balaban J connectivity index is 0.00000220. The molecule has 0 amide bonds. The van der Waals surface area contributed by atoms with Crippen molar-refractivity contribution in [2.45, 2.75) is 45.7 Å². The zero-order chi connectivity index (χ0) is 14.2. The van der Waals surface area contributed by atoms with E-state index in [1.807, 2.05) is 6.92 Å². The minimum atomic E-state index is 0. The van der Waals surface area contributed by atoms with E-state index in [-0.39, 0.29) is 24.0 Å². The average Bonchev–Trinajstić information content (AvgIpc) is 2.69. The highest BCUT2D eigenvalue weighted by Crippen LogP contribution is 2.14. The summed E-state index contributed by atoms with van der Waals surface area (Å²) < 4.78 is 2.21. The van der Waals surface area contributed by atoms with Crippen molar-refractivity contribution in [3.63, 3.8) is 0 Å². The first-order valence-electron chi connectivity index (χ1n) is 7.21. The van der Waals surface area contributed by atoms with Crippen molar-refractivity contribution in [1.29, 1.82) is 0 Å². The normalized spacial score (nSPS) is 14.4. The van der Waals surface area contributed by atoms with E-state index in [0.29, 0.717) is 13.1 Å². The smallest absolute Gasteiger partial charge is 0.192 e. The number of nitrogens with one attached hydrogen (secondary N) is 2. The molecule has 7 heteroatoms. The van der Waals surface area contributed by atoms with Crippen LogP contribution < -0.4 is 10.6 Å². The Bertz CT molecular complexity index is 502. The first kappa shape index (κ1) is 17.8. The zero-order valence-electron chi connectivity index (χ0n) is 12.4. The predicted octanol–water partition coefficient (Wildman–Crippen LogP) is 1.31. The van der Waals surface area contributed by atoms with Crippen LogP contribution in [0.5, 0.6) is 0 Å². The van der Waals surface area contributed by atoms with Gasteiger partial charge < -0.3 is 15.2 Å². The van der Waals surface area contributed by atoms with Crippen LogP contribution in [0, 0.1) is 12.3 Å². The van der Waals surface area contributed by atoms with Crippen molar-refractivity contribution in [2.75, 3.05) is 13.1 Å². The summed E-state index contributed by atoms with van der Waals surface area (Å²) in [4.78, 5) is 4.51. The highest BCUT2D eigenvalue weighted by atomic mass is 127. The predicted molar refractivity (Wildman–Crippen MR) is 94.6 cm³/mol. The minimum Gasteiger partial charge on any atom is -0.357 e. The van der Waals surface area contributed by atoms with Gasteiger partial charge in [-0.05, 0) is 19.8 Å². The van der Waals surface area contributed by atoms with Gasteiger partial charge in [0.2, 0.25) is 0 Å².